The molecule has 2 aromatic rings. The topological polar surface area (TPSA) is 110 Å². The number of rotatable bonds is 8. The number of amides is 3. The van der Waals surface area contributed by atoms with Gasteiger partial charge in [-0.3, -0.25) is 14.4 Å². The van der Waals surface area contributed by atoms with Gasteiger partial charge in [0, 0.05) is 42.9 Å². The monoisotopic (exact) mass is 514 g/mol. The Hall–Kier alpha value is -3.02. The van der Waals surface area contributed by atoms with Crippen molar-refractivity contribution in [1.82, 2.24) is 14.8 Å². The third-order valence-electron chi connectivity index (χ3n) is 6.72. The molecule has 3 aliphatic rings. The molecule has 3 amide bonds. The second-order valence-electron chi connectivity index (χ2n) is 9.25. The van der Waals surface area contributed by atoms with Gasteiger partial charge in [0.1, 0.15) is 12.3 Å². The molecular formula is C25H30N4O6S. The van der Waals surface area contributed by atoms with E-state index in [0.29, 0.717) is 61.3 Å². The molecule has 1 aromatic heterocycles. The van der Waals surface area contributed by atoms with Crippen LogP contribution in [-0.4, -0.2) is 84.3 Å². The van der Waals surface area contributed by atoms with Gasteiger partial charge >= 0.3 is 0 Å². The quantitative estimate of drug-likeness (QED) is 0.576. The van der Waals surface area contributed by atoms with E-state index >= 15 is 0 Å². The molecule has 0 atom stereocenters. The highest BCUT2D eigenvalue weighted by molar-refractivity contribution is 7.13. The van der Waals surface area contributed by atoms with Crippen molar-refractivity contribution < 1.29 is 28.6 Å². The second kappa shape index (κ2) is 10.5. The number of methoxy groups -OCH3 is 1. The summed E-state index contributed by atoms with van der Waals surface area (Å²) in [5.74, 6) is -0.346. The summed E-state index contributed by atoms with van der Waals surface area (Å²) in [4.78, 5) is 46.3. The van der Waals surface area contributed by atoms with Gasteiger partial charge in [0.25, 0.3) is 5.91 Å². The maximum absolute atomic E-state index is 13.0. The number of nitrogens with one attached hydrogen (secondary N) is 1. The van der Waals surface area contributed by atoms with Crippen LogP contribution >= 0.6 is 11.3 Å². The van der Waals surface area contributed by atoms with Crippen LogP contribution in [-0.2, 0) is 25.5 Å². The zero-order chi connectivity index (χ0) is 25.1. The first-order valence-corrected chi connectivity index (χ1v) is 13.1. The standard InChI is InChI=1S/C25H30N4O6S/c1-33-20-6-2-17(3-7-20)23(32)29(19-4-5-19)15-21(30)27-24-26-18(16-36-24)14-22(31)28-10-8-25(9-11-28)34-12-13-35-25/h2-3,6-7,16,19H,4-5,8-15H2,1H3,(H,26,27,30). The molecular weight excluding hydrogens is 484 g/mol. The van der Waals surface area contributed by atoms with E-state index in [-0.39, 0.29) is 36.7 Å². The molecule has 11 heteroatoms. The first-order chi connectivity index (χ1) is 17.4. The molecule has 5 rings (SSSR count). The first kappa shape index (κ1) is 24.7. The molecule has 0 unspecified atom stereocenters. The van der Waals surface area contributed by atoms with E-state index in [0.717, 1.165) is 12.8 Å². The number of carbonyl (C=O) groups is 3. The lowest BCUT2D eigenvalue weighted by Crippen LogP contribution is -2.47. The number of aromatic nitrogens is 1. The smallest absolute Gasteiger partial charge is 0.254 e. The van der Waals surface area contributed by atoms with Gasteiger partial charge in [-0.15, -0.1) is 11.3 Å². The SMILES string of the molecule is COc1ccc(C(=O)N(CC(=O)Nc2nc(CC(=O)N3CCC4(CC3)OCCO4)cs2)C2CC2)cc1. The third-order valence-corrected chi connectivity index (χ3v) is 7.53. The Bertz CT molecular complexity index is 1100. The molecule has 1 aromatic carbocycles. The number of likely N-dealkylation sites (tertiary alicyclic amines) is 1. The molecule has 1 saturated carbocycles. The highest BCUT2D eigenvalue weighted by Crippen LogP contribution is 2.32. The van der Waals surface area contributed by atoms with Crippen LogP contribution in [0.2, 0.25) is 0 Å². The van der Waals surface area contributed by atoms with Crippen LogP contribution in [0.4, 0.5) is 5.13 Å². The Morgan fingerprint density at radius 1 is 1.17 bits per heavy atom. The summed E-state index contributed by atoms with van der Waals surface area (Å²) in [5, 5.41) is 4.98. The van der Waals surface area contributed by atoms with E-state index < -0.39 is 5.79 Å². The fourth-order valence-corrected chi connectivity index (χ4v) is 5.29. The minimum absolute atomic E-state index is 0.00368. The summed E-state index contributed by atoms with van der Waals surface area (Å²) in [7, 11) is 1.57. The first-order valence-electron chi connectivity index (χ1n) is 12.2. The van der Waals surface area contributed by atoms with Crippen molar-refractivity contribution in [3.05, 3.63) is 40.9 Å². The summed E-state index contributed by atoms with van der Waals surface area (Å²) >= 11 is 1.27. The van der Waals surface area contributed by atoms with E-state index in [1.807, 2.05) is 4.90 Å². The summed E-state index contributed by atoms with van der Waals surface area (Å²) in [6.45, 7) is 2.34. The summed E-state index contributed by atoms with van der Waals surface area (Å²) in [6, 6.07) is 6.94. The van der Waals surface area contributed by atoms with Crippen molar-refractivity contribution in [2.24, 2.45) is 0 Å². The number of benzene rings is 1. The average molecular weight is 515 g/mol. The van der Waals surface area contributed by atoms with Gasteiger partial charge in [0.2, 0.25) is 11.8 Å². The third kappa shape index (κ3) is 5.69. The van der Waals surface area contributed by atoms with E-state index in [2.05, 4.69) is 10.3 Å². The molecule has 3 fully saturated rings. The Balaban J connectivity index is 1.12. The fraction of sp³-hybridized carbons (Fsp3) is 0.520. The van der Waals surface area contributed by atoms with Gasteiger partial charge in [0.15, 0.2) is 10.9 Å². The van der Waals surface area contributed by atoms with E-state index in [1.165, 1.54) is 11.3 Å². The zero-order valence-electron chi connectivity index (χ0n) is 20.2. The molecule has 0 radical (unpaired) electrons. The number of thiazole rings is 1. The van der Waals surface area contributed by atoms with Crippen LogP contribution in [0, 0.1) is 0 Å². The van der Waals surface area contributed by atoms with E-state index in [1.54, 1.807) is 41.7 Å². The predicted octanol–water partition coefficient (Wildman–Crippen LogP) is 2.30. The van der Waals surface area contributed by atoms with E-state index in [4.69, 9.17) is 14.2 Å². The Morgan fingerprint density at radius 2 is 1.86 bits per heavy atom. The maximum Gasteiger partial charge on any atom is 0.254 e. The normalized spacial score (nSPS) is 18.8. The molecule has 36 heavy (non-hydrogen) atoms. The zero-order valence-corrected chi connectivity index (χ0v) is 21.1. The van der Waals surface area contributed by atoms with Gasteiger partial charge in [-0.05, 0) is 37.1 Å². The molecule has 0 bridgehead atoms. The second-order valence-corrected chi connectivity index (χ2v) is 10.1. The van der Waals surface area contributed by atoms with E-state index in [9.17, 15) is 14.4 Å². The van der Waals surface area contributed by atoms with Crippen molar-refractivity contribution in [2.75, 3.05) is 45.3 Å². The summed E-state index contributed by atoms with van der Waals surface area (Å²) in [6.07, 6.45) is 3.28. The molecule has 1 aliphatic carbocycles. The number of hydrogen-bond donors (Lipinski definition) is 1. The van der Waals surface area contributed by atoms with Crippen LogP contribution in [0.3, 0.4) is 0 Å². The molecule has 2 aliphatic heterocycles. The Labute approximate surface area is 213 Å². The van der Waals surface area contributed by atoms with Gasteiger partial charge < -0.3 is 29.3 Å². The highest BCUT2D eigenvalue weighted by atomic mass is 32.1. The molecule has 2 saturated heterocycles. The van der Waals surface area contributed by atoms with Crippen molar-refractivity contribution in [3.8, 4) is 5.75 Å². The minimum atomic E-state index is -0.516. The fourth-order valence-electron chi connectivity index (χ4n) is 4.56. The lowest BCUT2D eigenvalue weighted by atomic mass is 10.0. The van der Waals surface area contributed by atoms with Crippen molar-refractivity contribution in [1.29, 1.82) is 0 Å². The summed E-state index contributed by atoms with van der Waals surface area (Å²) in [5.41, 5.74) is 1.13. The minimum Gasteiger partial charge on any atom is -0.497 e. The maximum atomic E-state index is 13.0. The van der Waals surface area contributed by atoms with Crippen LogP contribution < -0.4 is 10.1 Å². The lowest BCUT2D eigenvalue weighted by Gasteiger charge is -2.37. The Kier molecular flexibility index (Phi) is 7.22. The largest absolute Gasteiger partial charge is 0.497 e. The van der Waals surface area contributed by atoms with Crippen molar-refractivity contribution in [3.63, 3.8) is 0 Å². The number of ether oxygens (including phenoxy) is 3. The molecule has 10 nitrogen and oxygen atoms in total. The predicted molar refractivity (Wildman–Crippen MR) is 132 cm³/mol. The van der Waals surface area contributed by atoms with Gasteiger partial charge in [-0.1, -0.05) is 0 Å². The van der Waals surface area contributed by atoms with Crippen LogP contribution in [0.5, 0.6) is 5.75 Å². The molecule has 1 spiro atoms. The lowest BCUT2D eigenvalue weighted by molar-refractivity contribution is -0.187. The van der Waals surface area contributed by atoms with Crippen molar-refractivity contribution >= 4 is 34.2 Å². The van der Waals surface area contributed by atoms with Crippen molar-refractivity contribution in [2.45, 2.75) is 43.9 Å². The van der Waals surface area contributed by atoms with Crippen LogP contribution in [0.15, 0.2) is 29.6 Å². The number of hydrogen-bond acceptors (Lipinski definition) is 8. The highest BCUT2D eigenvalue weighted by Gasteiger charge is 2.40. The number of nitrogens with zero attached hydrogens (tertiary/aromatic N) is 3. The molecule has 1 N–H and O–H groups in total. The van der Waals surface area contributed by atoms with Crippen LogP contribution in [0.1, 0.15) is 41.7 Å². The Morgan fingerprint density at radius 3 is 2.50 bits per heavy atom. The summed E-state index contributed by atoms with van der Waals surface area (Å²) < 4.78 is 16.6. The molecule has 192 valence electrons. The van der Waals surface area contributed by atoms with Gasteiger partial charge in [-0.25, -0.2) is 4.98 Å². The average Bonchev–Trinajstić information content (AvgIpc) is 3.49. The molecule has 3 heterocycles. The van der Waals surface area contributed by atoms with Crippen LogP contribution in [0.25, 0.3) is 0 Å². The number of piperidine rings is 1. The number of anilines is 1. The number of carbonyl (C=O) groups excluding carboxylic acids is 3. The van der Waals surface area contributed by atoms with Gasteiger partial charge in [-0.2, -0.15) is 0 Å². The van der Waals surface area contributed by atoms with Gasteiger partial charge in [0.05, 0.1) is 32.4 Å².